The highest BCUT2D eigenvalue weighted by Gasteiger charge is 2.31. The van der Waals surface area contributed by atoms with Gasteiger partial charge in [-0.15, -0.1) is 0 Å². The number of nitrogens with zero attached hydrogens (tertiary/aromatic N) is 6. The van der Waals surface area contributed by atoms with Gasteiger partial charge in [-0.05, 0) is 38.8 Å². The Labute approximate surface area is 181 Å². The second-order valence-corrected chi connectivity index (χ2v) is 9.42. The van der Waals surface area contributed by atoms with Crippen LogP contribution in [0.3, 0.4) is 0 Å². The SMILES string of the molecule is Cc1nn(Cc2nc(N)nc(Nc3ccccc3)n2)c(C)c1S(=O)(=O)N1CCCCC1. The highest BCUT2D eigenvalue weighted by Crippen LogP contribution is 2.26. The number of anilines is 3. The molecule has 1 fully saturated rings. The van der Waals surface area contributed by atoms with E-state index in [-0.39, 0.29) is 17.4 Å². The maximum Gasteiger partial charge on any atom is 0.246 e. The molecule has 1 saturated heterocycles. The monoisotopic (exact) mass is 442 g/mol. The maximum atomic E-state index is 13.2. The second-order valence-electron chi connectivity index (χ2n) is 7.55. The first-order valence-electron chi connectivity index (χ1n) is 10.2. The molecule has 0 aliphatic carbocycles. The van der Waals surface area contributed by atoms with Crippen molar-refractivity contribution in [1.82, 2.24) is 29.0 Å². The molecule has 0 unspecified atom stereocenters. The molecule has 0 spiro atoms. The van der Waals surface area contributed by atoms with Crippen LogP contribution < -0.4 is 11.1 Å². The first-order chi connectivity index (χ1) is 14.8. The molecule has 31 heavy (non-hydrogen) atoms. The van der Waals surface area contributed by atoms with Gasteiger partial charge in [-0.3, -0.25) is 4.68 Å². The minimum absolute atomic E-state index is 0.0751. The van der Waals surface area contributed by atoms with Crippen molar-refractivity contribution >= 4 is 27.6 Å². The van der Waals surface area contributed by atoms with Crippen molar-refractivity contribution in [3.8, 4) is 0 Å². The minimum Gasteiger partial charge on any atom is -0.368 e. The van der Waals surface area contributed by atoms with Crippen LogP contribution in [0.15, 0.2) is 35.2 Å². The summed E-state index contributed by atoms with van der Waals surface area (Å²) in [6, 6.07) is 9.48. The van der Waals surface area contributed by atoms with Gasteiger partial charge in [0.2, 0.25) is 21.9 Å². The number of piperidine rings is 1. The van der Waals surface area contributed by atoms with Crippen LogP contribution in [0.5, 0.6) is 0 Å². The van der Waals surface area contributed by atoms with Gasteiger partial charge in [0.05, 0.1) is 11.4 Å². The number of nitrogens with one attached hydrogen (secondary N) is 1. The summed E-state index contributed by atoms with van der Waals surface area (Å²) in [5.41, 5.74) is 7.71. The van der Waals surface area contributed by atoms with E-state index >= 15 is 0 Å². The average molecular weight is 443 g/mol. The lowest BCUT2D eigenvalue weighted by atomic mass is 10.2. The van der Waals surface area contributed by atoms with Gasteiger partial charge in [-0.1, -0.05) is 24.6 Å². The second kappa shape index (κ2) is 8.60. The average Bonchev–Trinajstić information content (AvgIpc) is 3.02. The Morgan fingerprint density at radius 2 is 1.74 bits per heavy atom. The lowest BCUT2D eigenvalue weighted by Gasteiger charge is -2.25. The lowest BCUT2D eigenvalue weighted by molar-refractivity contribution is 0.346. The normalized spacial score (nSPS) is 15.2. The fraction of sp³-hybridized carbons (Fsp3) is 0.400. The van der Waals surface area contributed by atoms with Gasteiger partial charge in [0, 0.05) is 18.8 Å². The highest BCUT2D eigenvalue weighted by molar-refractivity contribution is 7.89. The van der Waals surface area contributed by atoms with Crippen molar-refractivity contribution < 1.29 is 8.42 Å². The molecule has 0 radical (unpaired) electrons. The van der Waals surface area contributed by atoms with E-state index in [2.05, 4.69) is 25.4 Å². The van der Waals surface area contributed by atoms with Crippen LogP contribution in [0.1, 0.15) is 36.5 Å². The third-order valence-electron chi connectivity index (χ3n) is 5.25. The summed E-state index contributed by atoms with van der Waals surface area (Å²) in [4.78, 5) is 13.0. The topological polar surface area (TPSA) is 132 Å². The zero-order chi connectivity index (χ0) is 22.0. The van der Waals surface area contributed by atoms with E-state index in [0.29, 0.717) is 36.3 Å². The minimum atomic E-state index is -3.59. The molecule has 1 aromatic carbocycles. The number of nitrogen functional groups attached to an aromatic ring is 1. The van der Waals surface area contributed by atoms with Crippen LogP contribution in [0.4, 0.5) is 17.6 Å². The number of hydrogen-bond donors (Lipinski definition) is 2. The molecule has 10 nitrogen and oxygen atoms in total. The molecule has 4 rings (SSSR count). The summed E-state index contributed by atoms with van der Waals surface area (Å²) in [5.74, 6) is 0.779. The van der Waals surface area contributed by atoms with Crippen LogP contribution in [0.25, 0.3) is 0 Å². The summed E-state index contributed by atoms with van der Waals surface area (Å²) in [6.07, 6.45) is 2.82. The molecule has 3 heterocycles. The summed E-state index contributed by atoms with van der Waals surface area (Å²) < 4.78 is 29.6. The molecule has 0 bridgehead atoms. The highest BCUT2D eigenvalue weighted by atomic mass is 32.2. The zero-order valence-electron chi connectivity index (χ0n) is 17.6. The van der Waals surface area contributed by atoms with Gasteiger partial charge >= 0.3 is 0 Å². The van der Waals surface area contributed by atoms with Crippen LogP contribution in [0, 0.1) is 13.8 Å². The van der Waals surface area contributed by atoms with E-state index in [4.69, 9.17) is 5.73 Å². The van der Waals surface area contributed by atoms with E-state index in [1.807, 2.05) is 30.3 Å². The summed E-state index contributed by atoms with van der Waals surface area (Å²) >= 11 is 0. The molecule has 2 aromatic heterocycles. The number of hydrogen-bond acceptors (Lipinski definition) is 8. The lowest BCUT2D eigenvalue weighted by Crippen LogP contribution is -2.36. The van der Waals surface area contributed by atoms with Gasteiger partial charge in [-0.25, -0.2) is 8.42 Å². The van der Waals surface area contributed by atoms with Gasteiger partial charge in [0.25, 0.3) is 0 Å². The maximum absolute atomic E-state index is 13.2. The van der Waals surface area contributed by atoms with E-state index in [0.717, 1.165) is 24.9 Å². The van der Waals surface area contributed by atoms with Crippen molar-refractivity contribution in [1.29, 1.82) is 0 Å². The van der Waals surface area contributed by atoms with E-state index < -0.39 is 10.0 Å². The molecular weight excluding hydrogens is 416 g/mol. The quantitative estimate of drug-likeness (QED) is 0.594. The number of rotatable bonds is 6. The molecule has 0 saturated carbocycles. The largest absolute Gasteiger partial charge is 0.368 e. The summed E-state index contributed by atoms with van der Waals surface area (Å²) in [5, 5.41) is 7.55. The Hall–Kier alpha value is -3.05. The van der Waals surface area contributed by atoms with Crippen LogP contribution in [-0.2, 0) is 16.6 Å². The Morgan fingerprint density at radius 3 is 2.45 bits per heavy atom. The number of aryl methyl sites for hydroxylation is 1. The molecular formula is C20H26N8O2S. The molecule has 0 atom stereocenters. The fourth-order valence-electron chi connectivity index (χ4n) is 3.79. The van der Waals surface area contributed by atoms with Crippen molar-refractivity contribution in [3.05, 3.63) is 47.5 Å². The first-order valence-corrected chi connectivity index (χ1v) is 11.7. The summed E-state index contributed by atoms with van der Waals surface area (Å²) in [7, 11) is -3.59. The number of para-hydroxylation sites is 1. The number of benzene rings is 1. The van der Waals surface area contributed by atoms with Gasteiger partial charge in [0.1, 0.15) is 11.4 Å². The Kier molecular flexibility index (Phi) is 5.88. The van der Waals surface area contributed by atoms with E-state index in [9.17, 15) is 8.42 Å². The number of nitrogens with two attached hydrogens (primary N) is 1. The smallest absolute Gasteiger partial charge is 0.246 e. The third kappa shape index (κ3) is 4.52. The predicted octanol–water partition coefficient (Wildman–Crippen LogP) is 2.23. The molecule has 3 N–H and O–H groups in total. The molecule has 1 aliphatic heterocycles. The Balaban J connectivity index is 1.61. The standard InChI is InChI=1S/C20H26N8O2S/c1-14-18(31(29,30)27-11-7-4-8-12-27)15(2)28(26-14)13-17-23-19(21)25-20(24-17)22-16-9-5-3-6-10-16/h3,5-6,9-10H,4,7-8,11-13H2,1-2H3,(H3,21,22,23,24,25). The summed E-state index contributed by atoms with van der Waals surface area (Å²) in [6.45, 7) is 4.74. The molecule has 0 amide bonds. The van der Waals surface area contributed by atoms with Crippen molar-refractivity contribution in [2.45, 2.75) is 44.6 Å². The van der Waals surface area contributed by atoms with E-state index in [1.165, 1.54) is 0 Å². The van der Waals surface area contributed by atoms with E-state index in [1.54, 1.807) is 22.8 Å². The number of aromatic nitrogens is 5. The first kappa shape index (κ1) is 21.2. The van der Waals surface area contributed by atoms with Crippen molar-refractivity contribution in [2.24, 2.45) is 0 Å². The van der Waals surface area contributed by atoms with Crippen molar-refractivity contribution in [3.63, 3.8) is 0 Å². The van der Waals surface area contributed by atoms with Gasteiger partial charge < -0.3 is 11.1 Å². The molecule has 3 aromatic rings. The molecule has 1 aliphatic rings. The zero-order valence-corrected chi connectivity index (χ0v) is 18.4. The number of sulfonamides is 1. The Bertz CT molecular complexity index is 1170. The van der Waals surface area contributed by atoms with Crippen molar-refractivity contribution in [2.75, 3.05) is 24.1 Å². The molecule has 11 heteroatoms. The molecule has 164 valence electrons. The van der Waals surface area contributed by atoms with Crippen LogP contribution in [0.2, 0.25) is 0 Å². The van der Waals surface area contributed by atoms with Gasteiger partial charge in [-0.2, -0.15) is 24.4 Å². The van der Waals surface area contributed by atoms with Crippen LogP contribution in [-0.4, -0.2) is 50.5 Å². The van der Waals surface area contributed by atoms with Crippen LogP contribution >= 0.6 is 0 Å². The predicted molar refractivity (Wildman–Crippen MR) is 117 cm³/mol. The van der Waals surface area contributed by atoms with Gasteiger partial charge in [0.15, 0.2) is 5.82 Å². The third-order valence-corrected chi connectivity index (χ3v) is 7.40. The fourth-order valence-corrected chi connectivity index (χ4v) is 5.68. The Morgan fingerprint density at radius 1 is 1.03 bits per heavy atom.